The number of hydrogen-bond donors (Lipinski definition) is 2. The predicted octanol–water partition coefficient (Wildman–Crippen LogP) is 2.91. The lowest BCUT2D eigenvalue weighted by Crippen LogP contribution is -1.79. The Labute approximate surface area is 103 Å². The monoisotopic (exact) mass is 233 g/mol. The molecule has 2 aromatic carbocycles. The van der Waals surface area contributed by atoms with Crippen molar-refractivity contribution < 1.29 is 0 Å². The molecule has 4 rings (SSSR count). The lowest BCUT2D eigenvalue weighted by Gasteiger charge is -1.98. The molecule has 2 aromatic heterocycles. The molecule has 85 valence electrons. The average molecular weight is 233 g/mol. The molecule has 4 aromatic rings. The molecule has 0 fully saturated rings. The average Bonchev–Trinajstić information content (AvgIpc) is 3.04. The maximum Gasteiger partial charge on any atom is 0.0999 e. The van der Waals surface area contributed by atoms with Gasteiger partial charge in [0.2, 0.25) is 0 Å². The van der Waals surface area contributed by atoms with E-state index in [-0.39, 0.29) is 0 Å². The molecule has 0 atom stereocenters. The van der Waals surface area contributed by atoms with E-state index in [9.17, 15) is 0 Å². The van der Waals surface area contributed by atoms with Gasteiger partial charge in [0.25, 0.3) is 0 Å². The number of benzene rings is 2. The Morgan fingerprint density at radius 2 is 2.06 bits per heavy atom. The third-order valence-corrected chi connectivity index (χ3v) is 3.12. The lowest BCUT2D eigenvalue weighted by molar-refractivity contribution is 1.12. The number of aromatic nitrogens is 4. The highest BCUT2D eigenvalue weighted by Gasteiger charge is 2.08. The highest BCUT2D eigenvalue weighted by Crippen LogP contribution is 2.27. The molecule has 0 aliphatic heterocycles. The highest BCUT2D eigenvalue weighted by atomic mass is 15.1. The van der Waals surface area contributed by atoms with Crippen LogP contribution in [-0.2, 0) is 0 Å². The van der Waals surface area contributed by atoms with Crippen molar-refractivity contribution in [1.29, 1.82) is 0 Å². The summed E-state index contributed by atoms with van der Waals surface area (Å²) in [5, 5.41) is 16.6. The van der Waals surface area contributed by atoms with Gasteiger partial charge in [-0.3, -0.25) is 10.2 Å². The van der Waals surface area contributed by atoms with E-state index in [1.165, 1.54) is 0 Å². The summed E-state index contributed by atoms with van der Waals surface area (Å²) in [6.07, 6.45) is 1.82. The molecule has 4 nitrogen and oxygen atoms in total. The first-order valence-electron chi connectivity index (χ1n) is 5.69. The van der Waals surface area contributed by atoms with E-state index in [1.54, 1.807) is 0 Å². The van der Waals surface area contributed by atoms with Crippen LogP contribution in [0, 0.1) is 6.07 Å². The molecule has 0 amide bonds. The van der Waals surface area contributed by atoms with Crippen LogP contribution in [0.2, 0.25) is 0 Å². The second-order valence-electron chi connectivity index (χ2n) is 4.22. The maximum atomic E-state index is 4.38. The molecule has 4 heteroatoms. The van der Waals surface area contributed by atoms with Gasteiger partial charge < -0.3 is 0 Å². The normalized spacial score (nSPS) is 11.3. The predicted molar refractivity (Wildman–Crippen MR) is 70.0 cm³/mol. The first-order valence-corrected chi connectivity index (χ1v) is 5.69. The Bertz CT molecular complexity index is 841. The van der Waals surface area contributed by atoms with Crippen LogP contribution in [0.15, 0.2) is 42.6 Å². The molecule has 0 spiro atoms. The van der Waals surface area contributed by atoms with Gasteiger partial charge in [0.1, 0.15) is 0 Å². The smallest absolute Gasteiger partial charge is 0.0999 e. The number of rotatable bonds is 1. The summed E-state index contributed by atoms with van der Waals surface area (Å²) in [5.74, 6) is 0. The Morgan fingerprint density at radius 3 is 3.06 bits per heavy atom. The van der Waals surface area contributed by atoms with E-state index >= 15 is 0 Å². The molecule has 0 saturated heterocycles. The minimum atomic E-state index is 0.960. The molecular weight excluding hydrogens is 224 g/mol. The summed E-state index contributed by atoms with van der Waals surface area (Å²) in [7, 11) is 0. The quantitative estimate of drug-likeness (QED) is 0.531. The molecule has 1 radical (unpaired) electrons. The SMILES string of the molecule is [c]1ccc2c(-c3ccc4[nH]ncc4c3)n[nH]c2c1. The van der Waals surface area contributed by atoms with Gasteiger partial charge in [-0.1, -0.05) is 12.1 Å². The van der Waals surface area contributed by atoms with Gasteiger partial charge in [-0.25, -0.2) is 0 Å². The van der Waals surface area contributed by atoms with Crippen LogP contribution in [-0.4, -0.2) is 20.4 Å². The number of H-pyrrole nitrogens is 2. The fraction of sp³-hybridized carbons (Fsp3) is 0. The molecule has 2 heterocycles. The summed E-state index contributed by atoms with van der Waals surface area (Å²) in [5.41, 5.74) is 4.08. The molecule has 0 unspecified atom stereocenters. The summed E-state index contributed by atoms with van der Waals surface area (Å²) >= 11 is 0. The van der Waals surface area contributed by atoms with Crippen LogP contribution in [0.5, 0.6) is 0 Å². The minimum absolute atomic E-state index is 0.960. The van der Waals surface area contributed by atoms with Crippen molar-refractivity contribution in [3.05, 3.63) is 48.7 Å². The second-order valence-corrected chi connectivity index (χ2v) is 4.22. The fourth-order valence-electron chi connectivity index (χ4n) is 2.22. The zero-order chi connectivity index (χ0) is 11.9. The number of nitrogens with zero attached hydrogens (tertiary/aromatic N) is 2. The van der Waals surface area contributed by atoms with Gasteiger partial charge in [-0.2, -0.15) is 10.2 Å². The van der Waals surface area contributed by atoms with E-state index in [4.69, 9.17) is 0 Å². The molecular formula is C14H9N4. The third-order valence-electron chi connectivity index (χ3n) is 3.12. The summed E-state index contributed by atoms with van der Waals surface area (Å²) < 4.78 is 0. The van der Waals surface area contributed by atoms with Crippen LogP contribution in [0.3, 0.4) is 0 Å². The van der Waals surface area contributed by atoms with Gasteiger partial charge in [0.15, 0.2) is 0 Å². The lowest BCUT2D eigenvalue weighted by atomic mass is 10.1. The Kier molecular flexibility index (Phi) is 1.80. The van der Waals surface area contributed by atoms with Crippen LogP contribution in [0.1, 0.15) is 0 Å². The standard InChI is InChI=1S/C14H9N4/c1-2-4-13-11(3-1)14(18-17-13)9-5-6-12-10(7-9)8-15-16-12/h1,3-8H,(H,15,16)(H,17,18). The number of hydrogen-bond acceptors (Lipinski definition) is 2. The van der Waals surface area contributed by atoms with E-state index in [0.29, 0.717) is 0 Å². The van der Waals surface area contributed by atoms with Crippen LogP contribution >= 0.6 is 0 Å². The van der Waals surface area contributed by atoms with Crippen molar-refractivity contribution in [2.45, 2.75) is 0 Å². The zero-order valence-electron chi connectivity index (χ0n) is 9.44. The Morgan fingerprint density at radius 1 is 1.06 bits per heavy atom. The molecule has 0 aliphatic rings. The van der Waals surface area contributed by atoms with Crippen molar-refractivity contribution in [2.24, 2.45) is 0 Å². The largest absolute Gasteiger partial charge is 0.278 e. The van der Waals surface area contributed by atoms with Gasteiger partial charge >= 0.3 is 0 Å². The summed E-state index contributed by atoms with van der Waals surface area (Å²) in [6.45, 7) is 0. The summed E-state index contributed by atoms with van der Waals surface area (Å²) in [4.78, 5) is 0. The van der Waals surface area contributed by atoms with Gasteiger partial charge in [-0.15, -0.1) is 0 Å². The van der Waals surface area contributed by atoms with Crippen LogP contribution in [0.25, 0.3) is 33.1 Å². The van der Waals surface area contributed by atoms with E-state index in [2.05, 4.69) is 32.5 Å². The van der Waals surface area contributed by atoms with Gasteiger partial charge in [-0.05, 0) is 30.3 Å². The third kappa shape index (κ3) is 1.26. The first-order chi connectivity index (χ1) is 8.92. The van der Waals surface area contributed by atoms with Crippen molar-refractivity contribution in [2.75, 3.05) is 0 Å². The molecule has 0 aliphatic carbocycles. The molecule has 18 heavy (non-hydrogen) atoms. The maximum absolute atomic E-state index is 4.38. The van der Waals surface area contributed by atoms with E-state index in [1.807, 2.05) is 36.5 Å². The van der Waals surface area contributed by atoms with Crippen LogP contribution < -0.4 is 0 Å². The van der Waals surface area contributed by atoms with E-state index in [0.717, 1.165) is 33.1 Å². The first kappa shape index (κ1) is 9.41. The minimum Gasteiger partial charge on any atom is -0.278 e. The number of aromatic amines is 2. The molecule has 0 bridgehead atoms. The van der Waals surface area contributed by atoms with Crippen molar-refractivity contribution in [3.8, 4) is 11.3 Å². The van der Waals surface area contributed by atoms with Crippen molar-refractivity contribution in [3.63, 3.8) is 0 Å². The second kappa shape index (κ2) is 3.43. The number of fused-ring (bicyclic) bond motifs is 2. The fourth-order valence-corrected chi connectivity index (χ4v) is 2.22. The molecule has 2 N–H and O–H groups in total. The molecule has 0 saturated carbocycles. The highest BCUT2D eigenvalue weighted by molar-refractivity contribution is 5.95. The Balaban J connectivity index is 2.00. The van der Waals surface area contributed by atoms with Gasteiger partial charge in [0.05, 0.1) is 22.9 Å². The number of nitrogens with one attached hydrogen (secondary N) is 2. The zero-order valence-corrected chi connectivity index (χ0v) is 9.44. The van der Waals surface area contributed by atoms with E-state index < -0.39 is 0 Å². The van der Waals surface area contributed by atoms with Crippen LogP contribution in [0.4, 0.5) is 0 Å². The topological polar surface area (TPSA) is 57.4 Å². The summed E-state index contributed by atoms with van der Waals surface area (Å²) in [6, 6.07) is 15.0. The van der Waals surface area contributed by atoms with Crippen molar-refractivity contribution >= 4 is 21.8 Å². The Hall–Kier alpha value is -2.62. The van der Waals surface area contributed by atoms with Gasteiger partial charge in [0, 0.05) is 16.3 Å². The van der Waals surface area contributed by atoms with Crippen molar-refractivity contribution in [1.82, 2.24) is 20.4 Å².